The van der Waals surface area contributed by atoms with Gasteiger partial charge < -0.3 is 10.2 Å². The Bertz CT molecular complexity index is 930. The van der Waals surface area contributed by atoms with E-state index in [0.29, 0.717) is 43.3 Å². The average Bonchev–Trinajstić information content (AvgIpc) is 2.77. The Labute approximate surface area is 183 Å². The lowest BCUT2D eigenvalue weighted by Crippen LogP contribution is -2.48. The van der Waals surface area contributed by atoms with Crippen LogP contribution in [0.25, 0.3) is 0 Å². The number of hydrogen-bond donors (Lipinski definition) is 1. The molecular formula is C22H28ClN3O3S. The number of piperazine rings is 1. The third-order valence-electron chi connectivity index (χ3n) is 5.33. The van der Waals surface area contributed by atoms with Gasteiger partial charge in [0.15, 0.2) is 0 Å². The molecule has 0 aliphatic carbocycles. The van der Waals surface area contributed by atoms with E-state index in [9.17, 15) is 13.2 Å². The maximum absolute atomic E-state index is 13.2. The summed E-state index contributed by atoms with van der Waals surface area (Å²) in [6.07, 6.45) is 0. The molecule has 1 heterocycles. The molecule has 1 saturated heterocycles. The van der Waals surface area contributed by atoms with Crippen LogP contribution < -0.4 is 5.32 Å². The molecule has 1 atom stereocenters. The highest BCUT2D eigenvalue weighted by atomic mass is 35.5. The summed E-state index contributed by atoms with van der Waals surface area (Å²) in [4.78, 5) is 14.8. The van der Waals surface area contributed by atoms with Gasteiger partial charge >= 0.3 is 0 Å². The average molecular weight is 450 g/mol. The van der Waals surface area contributed by atoms with Crippen LogP contribution in [0.2, 0.25) is 5.02 Å². The lowest BCUT2D eigenvalue weighted by atomic mass is 10.0. The summed E-state index contributed by atoms with van der Waals surface area (Å²) in [5.74, 6) is -0.206. The molecular weight excluding hydrogens is 422 g/mol. The molecule has 6 nitrogen and oxygen atoms in total. The Hall–Kier alpha value is -1.93. The predicted octanol–water partition coefficient (Wildman–Crippen LogP) is 2.82. The molecule has 2 aromatic carbocycles. The number of carbonyl (C=O) groups excluding carboxylic acids is 1. The highest BCUT2D eigenvalue weighted by Crippen LogP contribution is 2.19. The predicted molar refractivity (Wildman–Crippen MR) is 120 cm³/mol. The van der Waals surface area contributed by atoms with Gasteiger partial charge in [0, 0.05) is 49.9 Å². The van der Waals surface area contributed by atoms with Crippen molar-refractivity contribution < 1.29 is 13.2 Å². The van der Waals surface area contributed by atoms with Crippen molar-refractivity contribution >= 4 is 27.5 Å². The van der Waals surface area contributed by atoms with Crippen LogP contribution in [0.5, 0.6) is 0 Å². The number of carbonyl (C=O) groups is 1. The van der Waals surface area contributed by atoms with Crippen LogP contribution in [0.4, 0.5) is 0 Å². The number of hydrogen-bond acceptors (Lipinski definition) is 4. The van der Waals surface area contributed by atoms with Gasteiger partial charge in [0.1, 0.15) is 0 Å². The second kappa shape index (κ2) is 10.4. The van der Waals surface area contributed by atoms with Crippen molar-refractivity contribution in [1.82, 2.24) is 14.5 Å². The smallest absolute Gasteiger partial charge is 0.253 e. The largest absolute Gasteiger partial charge is 0.337 e. The van der Waals surface area contributed by atoms with Crippen LogP contribution >= 0.6 is 11.6 Å². The zero-order valence-electron chi connectivity index (χ0n) is 17.1. The van der Waals surface area contributed by atoms with Gasteiger partial charge in [-0.1, -0.05) is 48.9 Å². The topological polar surface area (TPSA) is 69.7 Å². The standard InChI is InChI=1S/C22H28ClN3O3S/c1-18(19-5-3-2-4-6-19)17-25(22(27)20-7-9-21(23)10-8-20)15-16-30(28,29)26-13-11-24-12-14-26/h2-10,18,24H,11-17H2,1H3/t18-/m0/s1. The summed E-state index contributed by atoms with van der Waals surface area (Å²) in [6, 6.07) is 16.6. The highest BCUT2D eigenvalue weighted by Gasteiger charge is 2.26. The molecule has 1 aliphatic rings. The first-order chi connectivity index (χ1) is 14.4. The monoisotopic (exact) mass is 449 g/mol. The second-order valence-corrected chi connectivity index (χ2v) is 10.1. The Kier molecular flexibility index (Phi) is 7.88. The van der Waals surface area contributed by atoms with Crippen LogP contribution in [-0.4, -0.2) is 68.6 Å². The van der Waals surface area contributed by atoms with E-state index < -0.39 is 10.0 Å². The van der Waals surface area contributed by atoms with E-state index in [1.54, 1.807) is 29.2 Å². The quantitative estimate of drug-likeness (QED) is 0.672. The minimum Gasteiger partial charge on any atom is -0.337 e. The number of nitrogens with zero attached hydrogens (tertiary/aromatic N) is 2. The molecule has 0 spiro atoms. The van der Waals surface area contributed by atoms with Crippen molar-refractivity contribution in [3.05, 3.63) is 70.7 Å². The van der Waals surface area contributed by atoms with Crippen LogP contribution in [0.1, 0.15) is 28.8 Å². The van der Waals surface area contributed by atoms with Gasteiger partial charge in [-0.2, -0.15) is 4.31 Å². The molecule has 8 heteroatoms. The Morgan fingerprint density at radius 2 is 1.73 bits per heavy atom. The van der Waals surface area contributed by atoms with Crippen molar-refractivity contribution in [3.63, 3.8) is 0 Å². The lowest BCUT2D eigenvalue weighted by Gasteiger charge is -2.30. The molecule has 1 fully saturated rings. The third kappa shape index (κ3) is 6.04. The summed E-state index contributed by atoms with van der Waals surface area (Å²) in [6.45, 7) is 4.85. The van der Waals surface area contributed by atoms with Crippen LogP contribution in [0.3, 0.4) is 0 Å². The van der Waals surface area contributed by atoms with Gasteiger partial charge in [-0.25, -0.2) is 8.42 Å². The zero-order chi connectivity index (χ0) is 21.6. The highest BCUT2D eigenvalue weighted by molar-refractivity contribution is 7.89. The maximum atomic E-state index is 13.2. The molecule has 1 amide bonds. The van der Waals surface area contributed by atoms with Crippen LogP contribution in [0.15, 0.2) is 54.6 Å². The minimum absolute atomic E-state index is 0.0735. The molecule has 162 valence electrons. The molecule has 0 saturated carbocycles. The Balaban J connectivity index is 1.76. The Morgan fingerprint density at radius 1 is 1.10 bits per heavy atom. The van der Waals surface area contributed by atoms with Gasteiger partial charge in [-0.15, -0.1) is 0 Å². The van der Waals surface area contributed by atoms with Gasteiger partial charge in [0.25, 0.3) is 5.91 Å². The molecule has 0 bridgehead atoms. The summed E-state index contributed by atoms with van der Waals surface area (Å²) < 4.78 is 27.1. The summed E-state index contributed by atoms with van der Waals surface area (Å²) >= 11 is 5.95. The fourth-order valence-corrected chi connectivity index (χ4v) is 5.12. The van der Waals surface area contributed by atoms with E-state index in [1.807, 2.05) is 37.3 Å². The summed E-state index contributed by atoms with van der Waals surface area (Å²) in [5, 5.41) is 3.71. The number of sulfonamides is 1. The number of halogens is 1. The van der Waals surface area contributed by atoms with Crippen LogP contribution in [0, 0.1) is 0 Å². The van der Waals surface area contributed by atoms with Gasteiger partial charge in [-0.05, 0) is 35.7 Å². The van der Waals surface area contributed by atoms with Gasteiger partial charge in [0.2, 0.25) is 10.0 Å². The molecule has 3 rings (SSSR count). The molecule has 2 aromatic rings. The van der Waals surface area contributed by atoms with Crippen molar-refractivity contribution in [2.45, 2.75) is 12.8 Å². The van der Waals surface area contributed by atoms with Gasteiger partial charge in [-0.3, -0.25) is 4.79 Å². The van der Waals surface area contributed by atoms with E-state index in [0.717, 1.165) is 5.56 Å². The van der Waals surface area contributed by atoms with Crippen molar-refractivity contribution in [2.24, 2.45) is 0 Å². The fourth-order valence-electron chi connectivity index (χ4n) is 3.55. The number of benzene rings is 2. The fraction of sp³-hybridized carbons (Fsp3) is 0.409. The van der Waals surface area contributed by atoms with Crippen LogP contribution in [-0.2, 0) is 10.0 Å². The van der Waals surface area contributed by atoms with E-state index >= 15 is 0 Å². The molecule has 0 aromatic heterocycles. The SMILES string of the molecule is C[C@@H](CN(CCS(=O)(=O)N1CCNCC1)C(=O)c1ccc(Cl)cc1)c1ccccc1. The lowest BCUT2D eigenvalue weighted by molar-refractivity contribution is 0.0757. The molecule has 0 unspecified atom stereocenters. The van der Waals surface area contributed by atoms with E-state index in [1.165, 1.54) is 4.31 Å². The normalized spacial score (nSPS) is 16.2. The maximum Gasteiger partial charge on any atom is 0.253 e. The second-order valence-electron chi connectivity index (χ2n) is 7.53. The summed E-state index contributed by atoms with van der Waals surface area (Å²) in [7, 11) is -3.42. The number of amides is 1. The number of nitrogens with one attached hydrogen (secondary N) is 1. The molecule has 0 radical (unpaired) electrons. The molecule has 30 heavy (non-hydrogen) atoms. The Morgan fingerprint density at radius 3 is 2.37 bits per heavy atom. The van der Waals surface area contributed by atoms with E-state index in [2.05, 4.69) is 5.32 Å². The van der Waals surface area contributed by atoms with Crippen molar-refractivity contribution in [1.29, 1.82) is 0 Å². The van der Waals surface area contributed by atoms with E-state index in [-0.39, 0.29) is 24.1 Å². The van der Waals surface area contributed by atoms with Gasteiger partial charge in [0.05, 0.1) is 5.75 Å². The molecule has 1 aliphatic heterocycles. The van der Waals surface area contributed by atoms with Crippen molar-refractivity contribution in [2.75, 3.05) is 45.0 Å². The number of rotatable bonds is 8. The first-order valence-electron chi connectivity index (χ1n) is 10.1. The summed E-state index contributed by atoms with van der Waals surface area (Å²) in [5.41, 5.74) is 1.61. The first kappa shape index (κ1) is 22.7. The first-order valence-corrected chi connectivity index (χ1v) is 12.1. The molecule has 1 N–H and O–H groups in total. The van der Waals surface area contributed by atoms with E-state index in [4.69, 9.17) is 11.6 Å². The minimum atomic E-state index is -3.42. The zero-order valence-corrected chi connectivity index (χ0v) is 18.7. The third-order valence-corrected chi connectivity index (χ3v) is 7.43. The van der Waals surface area contributed by atoms with Crippen molar-refractivity contribution in [3.8, 4) is 0 Å².